The predicted octanol–water partition coefficient (Wildman–Crippen LogP) is 4.46. The summed E-state index contributed by atoms with van der Waals surface area (Å²) in [5.41, 5.74) is 1.65. The number of rotatable bonds is 5. The summed E-state index contributed by atoms with van der Waals surface area (Å²) in [6, 6.07) is 17.1. The highest BCUT2D eigenvalue weighted by molar-refractivity contribution is 6.33. The molecule has 1 atom stereocenters. The highest BCUT2D eigenvalue weighted by atomic mass is 35.5. The SMILES string of the molecule is C[C@H](NC(=O)CC1CCN(C(=O)c2ccccc2Cl)CC1)c1ccccc1. The highest BCUT2D eigenvalue weighted by Crippen LogP contribution is 2.24. The van der Waals surface area contributed by atoms with Crippen LogP contribution in [0.4, 0.5) is 0 Å². The van der Waals surface area contributed by atoms with Gasteiger partial charge in [0.25, 0.3) is 5.91 Å². The van der Waals surface area contributed by atoms with Crippen LogP contribution in [0, 0.1) is 5.92 Å². The zero-order valence-corrected chi connectivity index (χ0v) is 16.3. The molecule has 1 N–H and O–H groups in total. The Morgan fingerprint density at radius 1 is 1.07 bits per heavy atom. The zero-order chi connectivity index (χ0) is 19.2. The first kappa shape index (κ1) is 19.4. The van der Waals surface area contributed by atoms with E-state index in [1.54, 1.807) is 12.1 Å². The van der Waals surface area contributed by atoms with Gasteiger partial charge in [0, 0.05) is 19.5 Å². The second-order valence-corrected chi connectivity index (χ2v) is 7.53. The quantitative estimate of drug-likeness (QED) is 0.827. The van der Waals surface area contributed by atoms with Gasteiger partial charge >= 0.3 is 0 Å². The van der Waals surface area contributed by atoms with Crippen molar-refractivity contribution in [3.63, 3.8) is 0 Å². The molecule has 2 aromatic rings. The summed E-state index contributed by atoms with van der Waals surface area (Å²) < 4.78 is 0. The summed E-state index contributed by atoms with van der Waals surface area (Å²) in [7, 11) is 0. The third-order valence-corrected chi connectivity index (χ3v) is 5.49. The van der Waals surface area contributed by atoms with Gasteiger partial charge < -0.3 is 10.2 Å². The van der Waals surface area contributed by atoms with Crippen molar-refractivity contribution in [3.05, 3.63) is 70.7 Å². The molecule has 0 saturated carbocycles. The molecule has 0 bridgehead atoms. The number of carbonyl (C=O) groups excluding carboxylic acids is 2. The lowest BCUT2D eigenvalue weighted by atomic mass is 9.92. The van der Waals surface area contributed by atoms with E-state index in [1.807, 2.05) is 54.3 Å². The Morgan fingerprint density at radius 3 is 2.37 bits per heavy atom. The highest BCUT2D eigenvalue weighted by Gasteiger charge is 2.26. The van der Waals surface area contributed by atoms with Crippen molar-refractivity contribution in [2.45, 2.75) is 32.2 Å². The first-order valence-corrected chi connectivity index (χ1v) is 9.80. The van der Waals surface area contributed by atoms with Gasteiger partial charge in [0.15, 0.2) is 0 Å². The van der Waals surface area contributed by atoms with Gasteiger partial charge in [-0.15, -0.1) is 0 Å². The third-order valence-electron chi connectivity index (χ3n) is 5.16. The molecule has 0 unspecified atom stereocenters. The number of likely N-dealkylation sites (tertiary alicyclic amines) is 1. The molecule has 2 aromatic carbocycles. The molecule has 1 heterocycles. The molecule has 3 rings (SSSR count). The molecule has 0 aliphatic carbocycles. The van der Waals surface area contributed by atoms with E-state index in [0.717, 1.165) is 18.4 Å². The zero-order valence-electron chi connectivity index (χ0n) is 15.5. The molecule has 142 valence electrons. The number of hydrogen-bond donors (Lipinski definition) is 1. The fourth-order valence-electron chi connectivity index (χ4n) is 3.53. The van der Waals surface area contributed by atoms with E-state index in [2.05, 4.69) is 5.32 Å². The van der Waals surface area contributed by atoms with Crippen LogP contribution in [0.1, 0.15) is 48.1 Å². The molecule has 1 saturated heterocycles. The number of piperidine rings is 1. The minimum atomic E-state index is -0.0267. The average molecular weight is 385 g/mol. The van der Waals surface area contributed by atoms with Gasteiger partial charge in [-0.1, -0.05) is 54.1 Å². The van der Waals surface area contributed by atoms with E-state index >= 15 is 0 Å². The molecule has 1 aliphatic rings. The molecule has 5 heteroatoms. The number of benzene rings is 2. The molecule has 4 nitrogen and oxygen atoms in total. The fraction of sp³-hybridized carbons (Fsp3) is 0.364. The Balaban J connectivity index is 1.47. The largest absolute Gasteiger partial charge is 0.350 e. The topological polar surface area (TPSA) is 49.4 Å². The van der Waals surface area contributed by atoms with Crippen LogP contribution in [0.2, 0.25) is 5.02 Å². The van der Waals surface area contributed by atoms with Gasteiger partial charge in [0.2, 0.25) is 5.91 Å². The van der Waals surface area contributed by atoms with E-state index < -0.39 is 0 Å². The molecular weight excluding hydrogens is 360 g/mol. The van der Waals surface area contributed by atoms with Gasteiger partial charge in [-0.3, -0.25) is 9.59 Å². The molecule has 1 fully saturated rings. The van der Waals surface area contributed by atoms with Crippen LogP contribution in [0.3, 0.4) is 0 Å². The summed E-state index contributed by atoms with van der Waals surface area (Å²) in [5.74, 6) is 0.353. The lowest BCUT2D eigenvalue weighted by molar-refractivity contribution is -0.122. The first-order chi connectivity index (χ1) is 13.0. The van der Waals surface area contributed by atoms with Crippen LogP contribution in [0.15, 0.2) is 54.6 Å². The van der Waals surface area contributed by atoms with Crippen molar-refractivity contribution in [2.75, 3.05) is 13.1 Å². The maximum Gasteiger partial charge on any atom is 0.255 e. The predicted molar refractivity (Wildman–Crippen MR) is 108 cm³/mol. The Bertz CT molecular complexity index is 786. The minimum absolute atomic E-state index is 0.000546. The van der Waals surface area contributed by atoms with Crippen molar-refractivity contribution in [2.24, 2.45) is 5.92 Å². The van der Waals surface area contributed by atoms with Gasteiger partial charge in [-0.05, 0) is 43.4 Å². The van der Waals surface area contributed by atoms with E-state index in [9.17, 15) is 9.59 Å². The van der Waals surface area contributed by atoms with Crippen molar-refractivity contribution in [1.29, 1.82) is 0 Å². The molecular formula is C22H25ClN2O2. The van der Waals surface area contributed by atoms with E-state index in [4.69, 9.17) is 11.6 Å². The number of hydrogen-bond acceptors (Lipinski definition) is 2. The van der Waals surface area contributed by atoms with Crippen LogP contribution in [0.5, 0.6) is 0 Å². The van der Waals surface area contributed by atoms with Gasteiger partial charge in [0.05, 0.1) is 16.6 Å². The molecule has 0 spiro atoms. The van der Waals surface area contributed by atoms with Gasteiger partial charge in [-0.2, -0.15) is 0 Å². The summed E-state index contributed by atoms with van der Waals surface area (Å²) in [6.07, 6.45) is 2.18. The standard InChI is InChI=1S/C22H25ClN2O2/c1-16(18-7-3-2-4-8-18)24-21(26)15-17-11-13-25(14-12-17)22(27)19-9-5-6-10-20(19)23/h2-10,16-17H,11-15H2,1H3,(H,24,26)/t16-/m0/s1. The molecule has 0 aromatic heterocycles. The van der Waals surface area contributed by atoms with Gasteiger partial charge in [0.1, 0.15) is 0 Å². The van der Waals surface area contributed by atoms with Crippen LogP contribution < -0.4 is 5.32 Å². The lowest BCUT2D eigenvalue weighted by Crippen LogP contribution is -2.40. The molecule has 0 radical (unpaired) electrons. The first-order valence-electron chi connectivity index (χ1n) is 9.42. The van der Waals surface area contributed by atoms with Crippen LogP contribution in [-0.4, -0.2) is 29.8 Å². The van der Waals surface area contributed by atoms with E-state index in [-0.39, 0.29) is 17.9 Å². The van der Waals surface area contributed by atoms with Crippen LogP contribution in [-0.2, 0) is 4.79 Å². The second kappa shape index (κ2) is 9.05. The Kier molecular flexibility index (Phi) is 6.51. The minimum Gasteiger partial charge on any atom is -0.350 e. The van der Waals surface area contributed by atoms with Crippen molar-refractivity contribution in [3.8, 4) is 0 Å². The van der Waals surface area contributed by atoms with E-state index in [1.165, 1.54) is 0 Å². The third kappa shape index (κ3) is 5.10. The Hall–Kier alpha value is -2.33. The van der Waals surface area contributed by atoms with Gasteiger partial charge in [-0.25, -0.2) is 0 Å². The lowest BCUT2D eigenvalue weighted by Gasteiger charge is -2.32. The number of nitrogens with zero attached hydrogens (tertiary/aromatic N) is 1. The monoisotopic (exact) mass is 384 g/mol. The van der Waals surface area contributed by atoms with Crippen molar-refractivity contribution >= 4 is 23.4 Å². The van der Waals surface area contributed by atoms with Crippen molar-refractivity contribution < 1.29 is 9.59 Å². The van der Waals surface area contributed by atoms with Crippen LogP contribution in [0.25, 0.3) is 0 Å². The smallest absolute Gasteiger partial charge is 0.255 e. The maximum absolute atomic E-state index is 12.6. The summed E-state index contributed by atoms with van der Waals surface area (Å²) >= 11 is 6.13. The second-order valence-electron chi connectivity index (χ2n) is 7.12. The number of carbonyl (C=O) groups is 2. The number of halogens is 1. The normalized spacial score (nSPS) is 16.0. The molecule has 1 aliphatic heterocycles. The van der Waals surface area contributed by atoms with Crippen molar-refractivity contribution in [1.82, 2.24) is 10.2 Å². The molecule has 27 heavy (non-hydrogen) atoms. The fourth-order valence-corrected chi connectivity index (χ4v) is 3.75. The van der Waals surface area contributed by atoms with E-state index in [0.29, 0.717) is 36.0 Å². The summed E-state index contributed by atoms with van der Waals surface area (Å²) in [4.78, 5) is 26.8. The Morgan fingerprint density at radius 2 is 1.70 bits per heavy atom. The summed E-state index contributed by atoms with van der Waals surface area (Å²) in [6.45, 7) is 3.32. The number of nitrogens with one attached hydrogen (secondary N) is 1. The number of amides is 2. The average Bonchev–Trinajstić information content (AvgIpc) is 2.69. The van der Waals surface area contributed by atoms with Crippen LogP contribution >= 0.6 is 11.6 Å². The molecule has 2 amide bonds. The Labute approximate surface area is 165 Å². The maximum atomic E-state index is 12.6. The summed E-state index contributed by atoms with van der Waals surface area (Å²) in [5, 5.41) is 3.56.